The molecule has 0 aromatic heterocycles. The Morgan fingerprint density at radius 1 is 1.05 bits per heavy atom. The van der Waals surface area contributed by atoms with E-state index in [0.29, 0.717) is 57.3 Å². The molecule has 0 radical (unpaired) electrons. The summed E-state index contributed by atoms with van der Waals surface area (Å²) in [6.45, 7) is 0.0665. The highest BCUT2D eigenvalue weighted by molar-refractivity contribution is 9.10. The number of ether oxygens (including phenoxy) is 1. The van der Waals surface area contributed by atoms with Crippen molar-refractivity contribution < 1.29 is 23.9 Å². The molecule has 1 aliphatic rings. The van der Waals surface area contributed by atoms with Gasteiger partial charge in [-0.25, -0.2) is 4.79 Å². The summed E-state index contributed by atoms with van der Waals surface area (Å²) < 4.78 is 5.45. The minimum atomic E-state index is -1.34. The maximum Gasteiger partial charge on any atom is 0.328 e. The number of unbranched alkanes of at least 4 members (excludes halogenated alkanes) is 1. The van der Waals surface area contributed by atoms with Crippen LogP contribution in [0, 0.1) is 0 Å². The summed E-state index contributed by atoms with van der Waals surface area (Å²) in [4.78, 5) is 52.0. The van der Waals surface area contributed by atoms with Crippen molar-refractivity contribution in [2.45, 2.75) is 37.3 Å². The van der Waals surface area contributed by atoms with Crippen LogP contribution in [0.15, 0.2) is 65.1 Å². The van der Waals surface area contributed by atoms with Crippen LogP contribution in [-0.4, -0.2) is 49.9 Å². The Hall–Kier alpha value is -3.64. The number of hydrogen-bond donors (Lipinski definition) is 5. The highest BCUT2D eigenvalue weighted by Gasteiger charge is 2.47. The Labute approximate surface area is 273 Å². The monoisotopic (exact) mass is 703 g/mol. The number of methoxy groups -OCH3 is 1. The van der Waals surface area contributed by atoms with Gasteiger partial charge in [-0.3, -0.25) is 14.4 Å². The SMILES string of the molecule is COC(=O)C(CCCCN)NC(=O)CNC(=O)c1ccc(Br)cc1NC1(Cc2cccc(Cl)c2)C(=O)Nc2cc(Cl)ccc21. The topological polar surface area (TPSA) is 152 Å². The number of amides is 3. The number of hydrogen-bond acceptors (Lipinski definition) is 7. The van der Waals surface area contributed by atoms with E-state index in [1.807, 2.05) is 6.07 Å². The van der Waals surface area contributed by atoms with Crippen LogP contribution >= 0.6 is 39.1 Å². The van der Waals surface area contributed by atoms with Crippen molar-refractivity contribution in [2.24, 2.45) is 5.73 Å². The molecule has 0 fully saturated rings. The van der Waals surface area contributed by atoms with Crippen LogP contribution in [0.4, 0.5) is 11.4 Å². The Balaban J connectivity index is 1.60. The van der Waals surface area contributed by atoms with E-state index in [4.69, 9.17) is 33.7 Å². The van der Waals surface area contributed by atoms with Gasteiger partial charge >= 0.3 is 5.97 Å². The fourth-order valence-corrected chi connectivity index (χ4v) is 5.82. The van der Waals surface area contributed by atoms with E-state index in [2.05, 4.69) is 37.2 Å². The van der Waals surface area contributed by atoms with Gasteiger partial charge in [-0.2, -0.15) is 0 Å². The maximum atomic E-state index is 13.8. The van der Waals surface area contributed by atoms with Gasteiger partial charge in [0.1, 0.15) is 11.6 Å². The highest BCUT2D eigenvalue weighted by Crippen LogP contribution is 2.43. The molecule has 0 saturated carbocycles. The van der Waals surface area contributed by atoms with Gasteiger partial charge in [0.15, 0.2) is 0 Å². The Morgan fingerprint density at radius 3 is 2.55 bits per heavy atom. The molecule has 0 spiro atoms. The quantitative estimate of drug-likeness (QED) is 0.127. The van der Waals surface area contributed by atoms with E-state index in [-0.39, 0.29) is 17.9 Å². The molecule has 10 nitrogen and oxygen atoms in total. The number of nitrogens with one attached hydrogen (secondary N) is 4. The fourth-order valence-electron chi connectivity index (χ4n) is 5.07. The molecule has 1 aliphatic heterocycles. The van der Waals surface area contributed by atoms with Crippen molar-refractivity contribution in [3.05, 3.63) is 91.9 Å². The summed E-state index contributed by atoms with van der Waals surface area (Å²) in [5.74, 6) is -2.06. The largest absolute Gasteiger partial charge is 0.467 e. The summed E-state index contributed by atoms with van der Waals surface area (Å²) >= 11 is 16.0. The van der Waals surface area contributed by atoms with Gasteiger partial charge < -0.3 is 31.7 Å². The molecule has 2 unspecified atom stereocenters. The second kappa shape index (κ2) is 14.9. The van der Waals surface area contributed by atoms with Crippen molar-refractivity contribution >= 4 is 74.2 Å². The number of carbonyl (C=O) groups excluding carboxylic acids is 4. The Bertz CT molecular complexity index is 1570. The fraction of sp³-hybridized carbons (Fsp3) is 0.290. The number of halogens is 3. The Kier molecular flexibility index (Phi) is 11.3. The van der Waals surface area contributed by atoms with Crippen LogP contribution in [0.1, 0.15) is 40.7 Å². The van der Waals surface area contributed by atoms with Crippen LogP contribution in [-0.2, 0) is 31.1 Å². The van der Waals surface area contributed by atoms with Crippen molar-refractivity contribution in [3.63, 3.8) is 0 Å². The Morgan fingerprint density at radius 2 is 1.82 bits per heavy atom. The van der Waals surface area contributed by atoms with Gasteiger partial charge in [-0.1, -0.05) is 57.3 Å². The third-order valence-corrected chi connectivity index (χ3v) is 8.15. The number of nitrogens with two attached hydrogens (primary N) is 1. The first-order valence-corrected chi connectivity index (χ1v) is 15.4. The molecule has 1 heterocycles. The first-order valence-electron chi connectivity index (χ1n) is 13.9. The lowest BCUT2D eigenvalue weighted by Gasteiger charge is -2.31. The average Bonchev–Trinajstić information content (AvgIpc) is 3.24. The molecular weight excluding hydrogens is 673 g/mol. The van der Waals surface area contributed by atoms with Crippen LogP contribution in [0.2, 0.25) is 10.0 Å². The predicted molar refractivity (Wildman–Crippen MR) is 174 cm³/mol. The van der Waals surface area contributed by atoms with E-state index < -0.39 is 35.9 Å². The average molecular weight is 705 g/mol. The van der Waals surface area contributed by atoms with E-state index >= 15 is 0 Å². The molecule has 0 bridgehead atoms. The maximum absolute atomic E-state index is 13.8. The summed E-state index contributed by atoms with van der Waals surface area (Å²) in [5.41, 5.74) is 6.69. The number of fused-ring (bicyclic) bond motifs is 1. The van der Waals surface area contributed by atoms with Gasteiger partial charge in [0.25, 0.3) is 11.8 Å². The molecule has 3 amide bonds. The second-order valence-electron chi connectivity index (χ2n) is 10.3. The molecule has 0 aliphatic carbocycles. The number of esters is 1. The minimum absolute atomic E-state index is 0.189. The zero-order valence-electron chi connectivity index (χ0n) is 23.8. The first kappa shape index (κ1) is 33.3. The molecule has 3 aromatic carbocycles. The van der Waals surface area contributed by atoms with Crippen LogP contribution in [0.5, 0.6) is 0 Å². The molecule has 4 rings (SSSR count). The summed E-state index contributed by atoms with van der Waals surface area (Å²) in [6, 6.07) is 16.4. The molecular formula is C31H32BrCl2N5O5. The normalized spacial score (nSPS) is 16.0. The molecule has 2 atom stereocenters. The zero-order chi connectivity index (χ0) is 31.9. The lowest BCUT2D eigenvalue weighted by Crippen LogP contribution is -2.46. The number of benzene rings is 3. The molecule has 0 saturated heterocycles. The van der Waals surface area contributed by atoms with E-state index in [9.17, 15) is 19.2 Å². The summed E-state index contributed by atoms with van der Waals surface area (Å²) in [6.07, 6.45) is 1.86. The molecule has 44 heavy (non-hydrogen) atoms. The summed E-state index contributed by atoms with van der Waals surface area (Å²) in [7, 11) is 1.24. The zero-order valence-corrected chi connectivity index (χ0v) is 26.9. The number of rotatable bonds is 13. The van der Waals surface area contributed by atoms with Gasteiger partial charge in [0.05, 0.1) is 19.2 Å². The van der Waals surface area contributed by atoms with Gasteiger partial charge in [-0.05, 0) is 73.8 Å². The third kappa shape index (κ3) is 7.89. The van der Waals surface area contributed by atoms with E-state index in [0.717, 1.165) is 5.56 Å². The summed E-state index contributed by atoms with van der Waals surface area (Å²) in [5, 5.41) is 12.4. The molecule has 13 heteroatoms. The van der Waals surface area contributed by atoms with E-state index in [1.165, 1.54) is 7.11 Å². The van der Waals surface area contributed by atoms with Crippen LogP contribution < -0.4 is 27.0 Å². The van der Waals surface area contributed by atoms with Crippen molar-refractivity contribution in [3.8, 4) is 0 Å². The van der Waals surface area contributed by atoms with Crippen molar-refractivity contribution in [2.75, 3.05) is 30.8 Å². The smallest absolute Gasteiger partial charge is 0.328 e. The lowest BCUT2D eigenvalue weighted by atomic mass is 9.84. The lowest BCUT2D eigenvalue weighted by molar-refractivity contribution is -0.145. The third-order valence-electron chi connectivity index (χ3n) is 7.19. The highest BCUT2D eigenvalue weighted by atomic mass is 79.9. The van der Waals surface area contributed by atoms with Crippen LogP contribution in [0.25, 0.3) is 0 Å². The van der Waals surface area contributed by atoms with Gasteiger partial charge in [-0.15, -0.1) is 0 Å². The minimum Gasteiger partial charge on any atom is -0.467 e. The standard InChI is InChI=1S/C31H32BrCl2N5O5/c1-44-29(42)24(7-2-3-12-35)37-27(40)17-36-28(41)22-10-8-19(32)14-25(22)39-31(16-18-5-4-6-20(33)13-18)23-11-9-21(34)15-26(23)38-30(31)43/h4-6,8-11,13-15,24,39H,2-3,7,12,16-17,35H2,1H3,(H,36,41)(H,37,40)(H,38,43). The van der Waals surface area contributed by atoms with Crippen LogP contribution in [0.3, 0.4) is 0 Å². The molecule has 3 aromatic rings. The predicted octanol–water partition coefficient (Wildman–Crippen LogP) is 4.77. The number of anilines is 2. The first-order chi connectivity index (χ1) is 21.1. The van der Waals surface area contributed by atoms with E-state index in [1.54, 1.807) is 54.6 Å². The van der Waals surface area contributed by atoms with Crippen molar-refractivity contribution in [1.29, 1.82) is 0 Å². The molecule has 232 valence electrons. The van der Waals surface area contributed by atoms with Gasteiger partial charge in [0.2, 0.25) is 5.91 Å². The molecule has 6 N–H and O–H groups in total. The number of carbonyl (C=O) groups is 4. The van der Waals surface area contributed by atoms with Crippen molar-refractivity contribution in [1.82, 2.24) is 10.6 Å². The second-order valence-corrected chi connectivity index (χ2v) is 12.1. The van der Waals surface area contributed by atoms with Gasteiger partial charge in [0, 0.05) is 37.9 Å².